The summed E-state index contributed by atoms with van der Waals surface area (Å²) in [6, 6.07) is 22.2. The highest BCUT2D eigenvalue weighted by molar-refractivity contribution is 8.16. The normalized spacial score (nSPS) is 14.8. The van der Waals surface area contributed by atoms with E-state index in [2.05, 4.69) is 185 Å². The molecule has 2 heteroatoms. The van der Waals surface area contributed by atoms with Gasteiger partial charge in [-0.1, -0.05) is 188 Å². The summed E-state index contributed by atoms with van der Waals surface area (Å²) in [6.45, 7) is 43.6. The van der Waals surface area contributed by atoms with Gasteiger partial charge in [-0.05, 0) is 94.1 Å². The van der Waals surface area contributed by atoms with Crippen LogP contribution >= 0.6 is 14.4 Å². The van der Waals surface area contributed by atoms with Crippen LogP contribution in [0.2, 0.25) is 0 Å². The molecule has 3 aromatic carbocycles. The van der Waals surface area contributed by atoms with E-state index in [0.717, 1.165) is 0 Å². The number of rotatable bonds is 2. The van der Waals surface area contributed by atoms with Gasteiger partial charge >= 0.3 is 0 Å². The van der Waals surface area contributed by atoms with Crippen LogP contribution in [0.4, 0.5) is 0 Å². The van der Waals surface area contributed by atoms with Gasteiger partial charge in [0.2, 0.25) is 0 Å². The zero-order chi connectivity index (χ0) is 36.2. The van der Waals surface area contributed by atoms with Gasteiger partial charge in [-0.15, -0.1) is 0 Å². The second kappa shape index (κ2) is 11.6. The van der Waals surface area contributed by atoms with Gasteiger partial charge in [0, 0.05) is 15.9 Å². The van der Waals surface area contributed by atoms with Crippen LogP contribution in [0.3, 0.4) is 0 Å². The van der Waals surface area contributed by atoms with E-state index in [4.69, 9.17) is 0 Å². The molecule has 2 unspecified atom stereocenters. The molecule has 1 heterocycles. The molecule has 2 aliphatic rings. The molecule has 0 amide bonds. The maximum atomic E-state index is 2.78. The van der Waals surface area contributed by atoms with Crippen molar-refractivity contribution < 1.29 is 0 Å². The molecule has 0 fully saturated rings. The van der Waals surface area contributed by atoms with Crippen molar-refractivity contribution in [3.63, 3.8) is 0 Å². The second-order valence-electron chi connectivity index (χ2n) is 20.7. The van der Waals surface area contributed by atoms with Crippen LogP contribution in [0.5, 0.6) is 0 Å². The van der Waals surface area contributed by atoms with Gasteiger partial charge in [0.1, 0.15) is 0 Å². The SMILES string of the molecule is CC(C)(C)c1cc(C(C)(C)C)c(-p2cc3c4ccccc4cc-3p2-c2c(C(C)(C)C)cc(C(C)(C)C)cc2C(C)(C)C)c(C(C)(C)C)c1. The lowest BCUT2D eigenvalue weighted by atomic mass is 9.75. The molecule has 2 atom stereocenters. The highest BCUT2D eigenvalue weighted by Gasteiger charge is 2.37. The highest BCUT2D eigenvalue weighted by atomic mass is 31.9. The van der Waals surface area contributed by atoms with Gasteiger partial charge in [0.25, 0.3) is 0 Å². The molecule has 0 aromatic heterocycles. The summed E-state index contributed by atoms with van der Waals surface area (Å²) in [5.74, 6) is 2.78. The van der Waals surface area contributed by atoms with E-state index >= 15 is 0 Å². The monoisotopic (exact) mass is 678 g/mol. The molecule has 0 nitrogen and oxygen atoms in total. The largest absolute Gasteiger partial charge is 0.0666 e. The van der Waals surface area contributed by atoms with Crippen molar-refractivity contribution >= 4 is 25.2 Å². The lowest BCUT2D eigenvalue weighted by molar-refractivity contribution is 0.551. The average Bonchev–Trinajstić information content (AvgIpc) is 3.44. The number of benzene rings is 3. The van der Waals surface area contributed by atoms with Crippen molar-refractivity contribution in [2.45, 2.75) is 157 Å². The third-order valence-electron chi connectivity index (χ3n) is 10.1. The Balaban J connectivity index is 2.12. The minimum Gasteiger partial charge on any atom is -0.0666 e. The molecule has 0 saturated heterocycles. The summed E-state index contributed by atoms with van der Waals surface area (Å²) in [4.78, 5) is 0. The third kappa shape index (κ3) is 6.76. The van der Waals surface area contributed by atoms with E-state index in [1.54, 1.807) is 38.2 Å². The second-order valence-corrected chi connectivity index (χ2v) is 26.1. The zero-order valence-electron chi connectivity index (χ0n) is 33.7. The van der Waals surface area contributed by atoms with Gasteiger partial charge in [0.15, 0.2) is 0 Å². The molecular formula is C46H64P2. The predicted octanol–water partition coefficient (Wildman–Crippen LogP) is 15.7. The lowest BCUT2D eigenvalue weighted by Crippen LogP contribution is -2.22. The third-order valence-corrected chi connectivity index (χ3v) is 17.2. The fraction of sp³-hybridized carbons (Fsp3) is 0.522. The molecule has 0 N–H and O–H groups in total. The lowest BCUT2D eigenvalue weighted by Gasteiger charge is -2.36. The Morgan fingerprint density at radius 3 is 1.17 bits per heavy atom. The summed E-state index contributed by atoms with van der Waals surface area (Å²) < 4.78 is 0. The summed E-state index contributed by atoms with van der Waals surface area (Å²) in [5, 5.41) is 7.69. The first-order chi connectivity index (χ1) is 21.6. The maximum absolute atomic E-state index is 2.78. The van der Waals surface area contributed by atoms with Gasteiger partial charge in [-0.3, -0.25) is 0 Å². The quantitative estimate of drug-likeness (QED) is 0.174. The Kier molecular flexibility index (Phi) is 8.98. The Hall–Kier alpha value is -2.26. The van der Waals surface area contributed by atoms with Crippen molar-refractivity contribution in [1.82, 2.24) is 0 Å². The summed E-state index contributed by atoms with van der Waals surface area (Å²) in [5.41, 5.74) is 10.8. The van der Waals surface area contributed by atoms with Crippen molar-refractivity contribution in [2.75, 3.05) is 0 Å². The van der Waals surface area contributed by atoms with E-state index in [-0.39, 0.29) is 32.5 Å². The summed E-state index contributed by atoms with van der Waals surface area (Å²) >= 11 is 0. The molecule has 0 radical (unpaired) electrons. The Labute approximate surface area is 296 Å². The van der Waals surface area contributed by atoms with Crippen molar-refractivity contribution in [3.05, 3.63) is 93.8 Å². The molecule has 0 spiro atoms. The van der Waals surface area contributed by atoms with Gasteiger partial charge in [0.05, 0.1) is 0 Å². The summed E-state index contributed by atoms with van der Waals surface area (Å²) in [6.07, 6.45) is 0. The van der Waals surface area contributed by atoms with E-state index in [9.17, 15) is 0 Å². The topological polar surface area (TPSA) is 0 Å². The fourth-order valence-electron chi connectivity index (χ4n) is 7.13. The molecular weight excluding hydrogens is 614 g/mol. The Bertz CT molecular complexity index is 1870. The van der Waals surface area contributed by atoms with Crippen molar-refractivity contribution in [3.8, 4) is 21.5 Å². The Morgan fingerprint density at radius 1 is 0.417 bits per heavy atom. The van der Waals surface area contributed by atoms with Crippen LogP contribution in [0.15, 0.2) is 60.4 Å². The number of hydrogen-bond donors (Lipinski definition) is 0. The van der Waals surface area contributed by atoms with Crippen LogP contribution in [0, 0.1) is 0 Å². The van der Waals surface area contributed by atoms with Crippen LogP contribution < -0.4 is 0 Å². The first-order valence-corrected chi connectivity index (χ1v) is 21.6. The molecule has 1 aliphatic carbocycles. The smallest absolute Gasteiger partial charge is 0.0112 e. The number of fused-ring (bicyclic) bond motifs is 3. The molecule has 5 rings (SSSR count). The van der Waals surface area contributed by atoms with Crippen LogP contribution in [-0.4, -0.2) is 0 Å². The first-order valence-electron chi connectivity index (χ1n) is 18.1. The van der Waals surface area contributed by atoms with Gasteiger partial charge in [-0.25, -0.2) is 0 Å². The van der Waals surface area contributed by atoms with Crippen LogP contribution in [0.25, 0.3) is 32.2 Å². The minimum atomic E-state index is -0.716. The van der Waals surface area contributed by atoms with Gasteiger partial charge < -0.3 is 0 Å². The minimum absolute atomic E-state index is 0.00447. The van der Waals surface area contributed by atoms with Crippen molar-refractivity contribution in [1.29, 1.82) is 0 Å². The number of hydrogen-bond acceptors (Lipinski definition) is 0. The molecule has 1 aliphatic heterocycles. The molecule has 0 bridgehead atoms. The van der Waals surface area contributed by atoms with E-state index in [1.165, 1.54) is 27.5 Å². The zero-order valence-corrected chi connectivity index (χ0v) is 35.5. The molecule has 3 aromatic rings. The molecule has 0 saturated carbocycles. The van der Waals surface area contributed by atoms with E-state index in [1.807, 2.05) is 0 Å². The molecule has 48 heavy (non-hydrogen) atoms. The Morgan fingerprint density at radius 2 is 0.792 bits per heavy atom. The van der Waals surface area contributed by atoms with E-state index < -0.39 is 14.4 Å². The standard InChI is InChI=1S/C46H64P2/c1-41(2,3)30-24-34(43(7,8)9)39(35(25-30)44(10,11)12)47-28-33-32-22-20-19-21-29(32)23-38(33)48(47)40-36(45(13,14)15)26-31(42(4,5)6)27-37(40)46(16,17)18/h19-28H,1-18H3. The van der Waals surface area contributed by atoms with Crippen LogP contribution in [0.1, 0.15) is 158 Å². The van der Waals surface area contributed by atoms with Gasteiger partial charge in [-0.2, -0.15) is 0 Å². The van der Waals surface area contributed by atoms with E-state index in [0.29, 0.717) is 0 Å². The fourth-order valence-corrected chi connectivity index (χ4v) is 16.5. The van der Waals surface area contributed by atoms with Crippen molar-refractivity contribution in [2.24, 2.45) is 0 Å². The molecule has 258 valence electrons. The first kappa shape index (κ1) is 37.0. The average molecular weight is 679 g/mol. The summed E-state index contributed by atoms with van der Waals surface area (Å²) in [7, 11) is -1.40. The maximum Gasteiger partial charge on any atom is 0.0112 e. The predicted molar refractivity (Wildman–Crippen MR) is 221 cm³/mol. The van der Waals surface area contributed by atoms with Crippen LogP contribution in [-0.2, 0) is 32.5 Å². The highest BCUT2D eigenvalue weighted by Crippen LogP contribution is 2.75.